The van der Waals surface area contributed by atoms with E-state index >= 15 is 0 Å². The Bertz CT molecular complexity index is 1190. The highest BCUT2D eigenvalue weighted by Crippen LogP contribution is 2.29. The van der Waals surface area contributed by atoms with E-state index in [1.165, 1.54) is 29.6 Å². The average Bonchev–Trinajstić information content (AvgIpc) is 3.39. The molecule has 2 heterocycles. The highest BCUT2D eigenvalue weighted by molar-refractivity contribution is 7.89. The zero-order chi connectivity index (χ0) is 24.3. The first-order chi connectivity index (χ1) is 16.3. The summed E-state index contributed by atoms with van der Waals surface area (Å²) in [5, 5.41) is 2.81. The van der Waals surface area contributed by atoms with Gasteiger partial charge in [0.1, 0.15) is 10.6 Å². The van der Waals surface area contributed by atoms with Gasteiger partial charge in [-0.3, -0.25) is 9.59 Å². The zero-order valence-corrected chi connectivity index (χ0v) is 20.2. The predicted octanol–water partition coefficient (Wildman–Crippen LogP) is 2.51. The number of anilines is 1. The number of likely N-dealkylation sites (tertiary alicyclic amines) is 1. The van der Waals surface area contributed by atoms with E-state index in [-0.39, 0.29) is 35.2 Å². The molecule has 0 saturated carbocycles. The quantitative estimate of drug-likeness (QED) is 0.671. The fourth-order valence-corrected chi connectivity index (χ4v) is 5.86. The molecule has 0 bridgehead atoms. The van der Waals surface area contributed by atoms with Crippen LogP contribution in [0.15, 0.2) is 41.3 Å². The van der Waals surface area contributed by atoms with Crippen LogP contribution in [0.5, 0.6) is 5.75 Å². The van der Waals surface area contributed by atoms with Crippen molar-refractivity contribution in [2.75, 3.05) is 51.8 Å². The minimum absolute atomic E-state index is 0.0813. The Kier molecular flexibility index (Phi) is 7.20. The summed E-state index contributed by atoms with van der Waals surface area (Å²) in [5.74, 6) is -0.470. The first-order valence-electron chi connectivity index (χ1n) is 11.3. The molecule has 0 atom stereocenters. The number of carbonyl (C=O) groups excluding carboxylic acids is 2. The zero-order valence-electron chi connectivity index (χ0n) is 19.4. The van der Waals surface area contributed by atoms with E-state index in [2.05, 4.69) is 5.32 Å². The summed E-state index contributed by atoms with van der Waals surface area (Å²) in [7, 11) is -2.50. The average molecular weight is 488 g/mol. The molecule has 0 aliphatic carbocycles. The third kappa shape index (κ3) is 4.79. The summed E-state index contributed by atoms with van der Waals surface area (Å²) >= 11 is 0. The van der Waals surface area contributed by atoms with E-state index < -0.39 is 15.9 Å². The fraction of sp³-hybridized carbons (Fsp3) is 0.417. The molecule has 2 aliphatic rings. The molecule has 2 fully saturated rings. The molecule has 10 heteroatoms. The lowest BCUT2D eigenvalue weighted by atomic mass is 10.0. The molecule has 1 N–H and O–H groups in total. The van der Waals surface area contributed by atoms with Crippen LogP contribution in [0.4, 0.5) is 5.69 Å². The van der Waals surface area contributed by atoms with Crippen LogP contribution in [0.2, 0.25) is 0 Å². The topological polar surface area (TPSA) is 105 Å². The molecule has 182 valence electrons. The largest absolute Gasteiger partial charge is 0.495 e. The molecule has 4 rings (SSSR count). The van der Waals surface area contributed by atoms with Crippen molar-refractivity contribution in [3.8, 4) is 5.75 Å². The van der Waals surface area contributed by atoms with Crippen molar-refractivity contribution in [3.63, 3.8) is 0 Å². The van der Waals surface area contributed by atoms with Crippen LogP contribution in [0.1, 0.15) is 39.1 Å². The third-order valence-corrected chi connectivity index (χ3v) is 8.06. The second-order valence-electron chi connectivity index (χ2n) is 8.33. The van der Waals surface area contributed by atoms with Gasteiger partial charge in [-0.15, -0.1) is 0 Å². The maximum Gasteiger partial charge on any atom is 0.256 e. The van der Waals surface area contributed by atoms with Gasteiger partial charge in [-0.1, -0.05) is 12.1 Å². The first-order valence-corrected chi connectivity index (χ1v) is 12.7. The minimum Gasteiger partial charge on any atom is -0.495 e. The van der Waals surface area contributed by atoms with Gasteiger partial charge in [0.2, 0.25) is 10.0 Å². The molecule has 2 aliphatic heterocycles. The molecule has 0 radical (unpaired) electrons. The highest BCUT2D eigenvalue weighted by atomic mass is 32.2. The second-order valence-corrected chi connectivity index (χ2v) is 10.2. The second kappa shape index (κ2) is 10.1. The summed E-state index contributed by atoms with van der Waals surface area (Å²) in [6.07, 6.45) is 1.93. The van der Waals surface area contributed by atoms with Gasteiger partial charge in [-0.25, -0.2) is 8.42 Å². The van der Waals surface area contributed by atoms with Gasteiger partial charge in [-0.2, -0.15) is 4.31 Å². The van der Waals surface area contributed by atoms with Gasteiger partial charge < -0.3 is 19.7 Å². The number of morpholine rings is 1. The first kappa shape index (κ1) is 24.2. The molecular weight excluding hydrogens is 458 g/mol. The summed E-state index contributed by atoms with van der Waals surface area (Å²) in [5.41, 5.74) is 1.76. The molecule has 0 spiro atoms. The molecule has 9 nitrogen and oxygen atoms in total. The van der Waals surface area contributed by atoms with Crippen molar-refractivity contribution in [1.82, 2.24) is 9.21 Å². The maximum absolute atomic E-state index is 13.2. The molecule has 0 unspecified atom stereocenters. The minimum atomic E-state index is -3.89. The number of hydrogen-bond acceptors (Lipinski definition) is 6. The number of methoxy groups -OCH3 is 1. The van der Waals surface area contributed by atoms with Gasteiger partial charge in [0, 0.05) is 31.7 Å². The molecule has 2 aromatic carbocycles. The van der Waals surface area contributed by atoms with E-state index in [9.17, 15) is 18.0 Å². The van der Waals surface area contributed by atoms with Crippen molar-refractivity contribution in [1.29, 1.82) is 0 Å². The van der Waals surface area contributed by atoms with E-state index in [1.807, 2.05) is 13.0 Å². The van der Waals surface area contributed by atoms with E-state index in [1.54, 1.807) is 17.0 Å². The predicted molar refractivity (Wildman–Crippen MR) is 127 cm³/mol. The lowest BCUT2D eigenvalue weighted by Crippen LogP contribution is -2.40. The van der Waals surface area contributed by atoms with Crippen molar-refractivity contribution < 1.29 is 27.5 Å². The number of sulfonamides is 1. The summed E-state index contributed by atoms with van der Waals surface area (Å²) in [4.78, 5) is 28.0. The van der Waals surface area contributed by atoms with Gasteiger partial charge in [0.25, 0.3) is 11.8 Å². The number of aryl methyl sites for hydroxylation is 1. The van der Waals surface area contributed by atoms with Crippen LogP contribution >= 0.6 is 0 Å². The Balaban J connectivity index is 1.64. The Morgan fingerprint density at radius 1 is 1.03 bits per heavy atom. The number of rotatable bonds is 6. The molecule has 0 aromatic heterocycles. The summed E-state index contributed by atoms with van der Waals surface area (Å²) < 4.78 is 38.4. The van der Waals surface area contributed by atoms with Gasteiger partial charge in [0.05, 0.1) is 31.6 Å². The Morgan fingerprint density at radius 2 is 1.74 bits per heavy atom. The number of nitrogens with zero attached hydrogens (tertiary/aromatic N) is 2. The molecule has 2 saturated heterocycles. The Hall–Kier alpha value is -2.95. The third-order valence-electron chi connectivity index (χ3n) is 6.14. The number of amides is 2. The SMILES string of the molecule is COc1ccc(C(=O)Nc2cccc(C)c2C(=O)N2CCCC2)cc1S(=O)(=O)N1CCOCC1. The fourth-order valence-electron chi connectivity index (χ4n) is 4.27. The number of benzene rings is 2. The molecule has 2 aromatic rings. The van der Waals surface area contributed by atoms with Crippen LogP contribution in [-0.4, -0.2) is 75.9 Å². The summed E-state index contributed by atoms with van der Waals surface area (Å²) in [6, 6.07) is 9.58. The van der Waals surface area contributed by atoms with Gasteiger partial charge >= 0.3 is 0 Å². The molecule has 2 amide bonds. The lowest BCUT2D eigenvalue weighted by molar-refractivity contribution is 0.0729. The smallest absolute Gasteiger partial charge is 0.256 e. The Morgan fingerprint density at radius 3 is 2.41 bits per heavy atom. The van der Waals surface area contributed by atoms with Crippen LogP contribution in [0, 0.1) is 6.92 Å². The van der Waals surface area contributed by atoms with Crippen LogP contribution in [0.3, 0.4) is 0 Å². The monoisotopic (exact) mass is 487 g/mol. The number of carbonyl (C=O) groups is 2. The van der Waals surface area contributed by atoms with Crippen molar-refractivity contribution >= 4 is 27.5 Å². The summed E-state index contributed by atoms with van der Waals surface area (Å²) in [6.45, 7) is 4.30. The maximum atomic E-state index is 13.2. The number of ether oxygens (including phenoxy) is 2. The van der Waals surface area contributed by atoms with Crippen LogP contribution < -0.4 is 10.1 Å². The standard InChI is InChI=1S/C24H29N3O6S/c1-17-6-5-7-19(22(17)24(29)26-10-3-4-11-26)25-23(28)18-8-9-20(32-2)21(16-18)34(30,31)27-12-14-33-15-13-27/h5-9,16H,3-4,10-15H2,1-2H3,(H,25,28). The van der Waals surface area contributed by atoms with Crippen LogP contribution in [0.25, 0.3) is 0 Å². The van der Waals surface area contributed by atoms with E-state index in [0.29, 0.717) is 37.6 Å². The highest BCUT2D eigenvalue weighted by Gasteiger charge is 2.30. The van der Waals surface area contributed by atoms with E-state index in [0.717, 1.165) is 18.4 Å². The Labute approximate surface area is 199 Å². The molecular formula is C24H29N3O6S. The van der Waals surface area contributed by atoms with Gasteiger partial charge in [-0.05, 0) is 49.6 Å². The lowest BCUT2D eigenvalue weighted by Gasteiger charge is -2.26. The van der Waals surface area contributed by atoms with Gasteiger partial charge in [0.15, 0.2) is 0 Å². The van der Waals surface area contributed by atoms with Crippen molar-refractivity contribution in [2.24, 2.45) is 0 Å². The number of nitrogens with one attached hydrogen (secondary N) is 1. The normalized spacial score (nSPS) is 16.9. The van der Waals surface area contributed by atoms with Crippen molar-refractivity contribution in [3.05, 3.63) is 53.1 Å². The molecule has 34 heavy (non-hydrogen) atoms. The number of hydrogen-bond donors (Lipinski definition) is 1. The van der Waals surface area contributed by atoms with E-state index in [4.69, 9.17) is 9.47 Å². The van der Waals surface area contributed by atoms with Crippen molar-refractivity contribution in [2.45, 2.75) is 24.7 Å². The van der Waals surface area contributed by atoms with Crippen LogP contribution in [-0.2, 0) is 14.8 Å².